The van der Waals surface area contributed by atoms with Gasteiger partial charge in [-0.1, -0.05) is 59.5 Å². The van der Waals surface area contributed by atoms with Crippen LogP contribution >= 0.6 is 35.4 Å². The SMILES string of the molecule is CCCN1C(=S)NC(c2cccc(Cl)c2)C(c2nc(-c3cccc(Cl)c3)no2)=C1C. The number of rotatable bonds is 5. The molecule has 2 heterocycles. The Labute approximate surface area is 190 Å². The molecule has 0 saturated carbocycles. The second-order valence-corrected chi connectivity index (χ2v) is 8.28. The third kappa shape index (κ3) is 4.08. The van der Waals surface area contributed by atoms with Crippen LogP contribution in [0.5, 0.6) is 0 Å². The number of nitrogens with one attached hydrogen (secondary N) is 1. The number of allylic oxidation sites excluding steroid dienone is 1. The van der Waals surface area contributed by atoms with Crippen molar-refractivity contribution < 1.29 is 4.52 Å². The summed E-state index contributed by atoms with van der Waals surface area (Å²) in [5.41, 5.74) is 3.62. The van der Waals surface area contributed by atoms with Crippen LogP contribution in [0.15, 0.2) is 58.8 Å². The maximum Gasteiger partial charge on any atom is 0.258 e. The second kappa shape index (κ2) is 8.76. The molecule has 154 valence electrons. The van der Waals surface area contributed by atoms with Gasteiger partial charge in [-0.05, 0) is 55.4 Å². The summed E-state index contributed by atoms with van der Waals surface area (Å²) in [7, 11) is 0. The van der Waals surface area contributed by atoms with Crippen LogP contribution in [0.25, 0.3) is 17.0 Å². The van der Waals surface area contributed by atoms with Gasteiger partial charge < -0.3 is 14.7 Å². The predicted molar refractivity (Wildman–Crippen MR) is 124 cm³/mol. The summed E-state index contributed by atoms with van der Waals surface area (Å²) in [4.78, 5) is 6.74. The van der Waals surface area contributed by atoms with Crippen molar-refractivity contribution in [2.45, 2.75) is 26.3 Å². The van der Waals surface area contributed by atoms with Gasteiger partial charge in [0.25, 0.3) is 5.89 Å². The van der Waals surface area contributed by atoms with Crippen molar-refractivity contribution in [1.82, 2.24) is 20.4 Å². The minimum absolute atomic E-state index is 0.253. The Morgan fingerprint density at radius 3 is 2.57 bits per heavy atom. The largest absolute Gasteiger partial charge is 0.351 e. The Bertz CT molecular complexity index is 1130. The van der Waals surface area contributed by atoms with E-state index in [2.05, 4.69) is 27.3 Å². The van der Waals surface area contributed by atoms with Gasteiger partial charge >= 0.3 is 0 Å². The average Bonchev–Trinajstić information content (AvgIpc) is 3.20. The summed E-state index contributed by atoms with van der Waals surface area (Å²) >= 11 is 18.0. The molecule has 3 aromatic rings. The molecule has 1 N–H and O–H groups in total. The first-order valence-corrected chi connectivity index (χ1v) is 10.8. The van der Waals surface area contributed by atoms with Gasteiger partial charge in [-0.25, -0.2) is 0 Å². The molecule has 4 rings (SSSR count). The Balaban J connectivity index is 1.82. The number of benzene rings is 2. The molecule has 0 radical (unpaired) electrons. The Morgan fingerprint density at radius 1 is 1.13 bits per heavy atom. The van der Waals surface area contributed by atoms with Crippen LogP contribution < -0.4 is 5.32 Å². The van der Waals surface area contributed by atoms with Gasteiger partial charge in [0, 0.05) is 27.9 Å². The molecule has 0 fully saturated rings. The van der Waals surface area contributed by atoms with Gasteiger partial charge in [-0.15, -0.1) is 0 Å². The monoisotopic (exact) mass is 458 g/mol. The molecule has 0 spiro atoms. The van der Waals surface area contributed by atoms with Crippen molar-refractivity contribution in [2.24, 2.45) is 0 Å². The Hall–Kier alpha value is -2.41. The fraction of sp³-hybridized carbons (Fsp3) is 0.227. The molecule has 0 bridgehead atoms. The summed E-state index contributed by atoms with van der Waals surface area (Å²) in [5.74, 6) is 0.913. The number of aromatic nitrogens is 2. The third-order valence-electron chi connectivity index (χ3n) is 4.96. The lowest BCUT2D eigenvalue weighted by molar-refractivity contribution is 0.396. The first-order chi connectivity index (χ1) is 14.5. The van der Waals surface area contributed by atoms with Crippen molar-refractivity contribution >= 4 is 46.1 Å². The van der Waals surface area contributed by atoms with Gasteiger partial charge in [0.05, 0.1) is 11.6 Å². The average molecular weight is 459 g/mol. The van der Waals surface area contributed by atoms with E-state index in [4.69, 9.17) is 39.9 Å². The van der Waals surface area contributed by atoms with Crippen molar-refractivity contribution in [3.63, 3.8) is 0 Å². The van der Waals surface area contributed by atoms with Gasteiger partial charge in [0.2, 0.25) is 5.82 Å². The molecule has 1 atom stereocenters. The fourth-order valence-electron chi connectivity index (χ4n) is 3.57. The minimum atomic E-state index is -0.253. The minimum Gasteiger partial charge on any atom is -0.351 e. The van der Waals surface area contributed by atoms with E-state index in [1.54, 1.807) is 0 Å². The van der Waals surface area contributed by atoms with Crippen molar-refractivity contribution in [2.75, 3.05) is 6.54 Å². The number of hydrogen-bond donors (Lipinski definition) is 1. The molecule has 1 unspecified atom stereocenters. The summed E-state index contributed by atoms with van der Waals surface area (Å²) < 4.78 is 5.71. The van der Waals surface area contributed by atoms with E-state index in [0.29, 0.717) is 26.9 Å². The molecule has 0 aliphatic carbocycles. The molecule has 8 heteroatoms. The van der Waals surface area contributed by atoms with Crippen molar-refractivity contribution in [1.29, 1.82) is 0 Å². The summed E-state index contributed by atoms with van der Waals surface area (Å²) in [6.07, 6.45) is 0.950. The third-order valence-corrected chi connectivity index (χ3v) is 5.77. The molecule has 30 heavy (non-hydrogen) atoms. The van der Waals surface area contributed by atoms with E-state index in [0.717, 1.165) is 35.4 Å². The van der Waals surface area contributed by atoms with Crippen LogP contribution in [0.2, 0.25) is 10.0 Å². The van der Waals surface area contributed by atoms with Crippen molar-refractivity contribution in [3.8, 4) is 11.4 Å². The van der Waals surface area contributed by atoms with Crippen LogP contribution in [0.3, 0.4) is 0 Å². The Morgan fingerprint density at radius 2 is 1.87 bits per heavy atom. The van der Waals surface area contributed by atoms with Crippen LogP contribution in [0.4, 0.5) is 0 Å². The lowest BCUT2D eigenvalue weighted by Gasteiger charge is -2.37. The number of hydrogen-bond acceptors (Lipinski definition) is 4. The van der Waals surface area contributed by atoms with E-state index < -0.39 is 0 Å². The zero-order valence-electron chi connectivity index (χ0n) is 16.5. The van der Waals surface area contributed by atoms with Crippen LogP contribution in [-0.2, 0) is 0 Å². The van der Waals surface area contributed by atoms with Gasteiger partial charge in [-0.2, -0.15) is 4.98 Å². The van der Waals surface area contributed by atoms with Crippen LogP contribution in [0.1, 0.15) is 37.8 Å². The number of nitrogens with zero attached hydrogens (tertiary/aromatic N) is 3. The molecule has 0 saturated heterocycles. The maximum absolute atomic E-state index is 6.26. The quantitative estimate of drug-likeness (QED) is 0.465. The first-order valence-electron chi connectivity index (χ1n) is 9.62. The molecule has 1 aliphatic heterocycles. The highest BCUT2D eigenvalue weighted by Gasteiger charge is 2.33. The molecule has 0 amide bonds. The summed E-state index contributed by atoms with van der Waals surface area (Å²) in [6.45, 7) is 4.93. The lowest BCUT2D eigenvalue weighted by Crippen LogP contribution is -2.46. The zero-order chi connectivity index (χ0) is 21.3. The molecule has 5 nitrogen and oxygen atoms in total. The number of thiocarbonyl (C=S) groups is 1. The zero-order valence-corrected chi connectivity index (χ0v) is 18.9. The summed E-state index contributed by atoms with van der Waals surface area (Å²) in [6, 6.07) is 14.8. The highest BCUT2D eigenvalue weighted by atomic mass is 35.5. The van der Waals surface area contributed by atoms with E-state index in [9.17, 15) is 0 Å². The highest BCUT2D eigenvalue weighted by molar-refractivity contribution is 7.80. The normalized spacial score (nSPS) is 16.7. The predicted octanol–water partition coefficient (Wildman–Crippen LogP) is 6.12. The standard InChI is InChI=1S/C22H20Cl2N4OS/c1-3-10-28-13(2)18(19(25-22(28)30)14-6-4-8-16(23)11-14)21-26-20(27-29-21)15-7-5-9-17(24)12-15/h4-9,11-12,19H,3,10H2,1-2H3,(H,25,30). The van der Waals surface area contributed by atoms with Gasteiger partial charge in [0.1, 0.15) is 0 Å². The first kappa shape index (κ1) is 20.8. The Kier molecular flexibility index (Phi) is 6.09. The second-order valence-electron chi connectivity index (χ2n) is 7.02. The maximum atomic E-state index is 6.26. The van der Waals surface area contributed by atoms with Crippen LogP contribution in [-0.4, -0.2) is 26.7 Å². The molecule has 2 aromatic carbocycles. The topological polar surface area (TPSA) is 54.2 Å². The smallest absolute Gasteiger partial charge is 0.258 e. The van der Waals surface area contributed by atoms with E-state index in [-0.39, 0.29) is 6.04 Å². The number of halogens is 2. The molecular weight excluding hydrogens is 439 g/mol. The van der Waals surface area contributed by atoms with Gasteiger partial charge in [-0.3, -0.25) is 0 Å². The summed E-state index contributed by atoms with van der Waals surface area (Å²) in [5, 5.41) is 9.54. The van der Waals surface area contributed by atoms with Crippen LogP contribution in [0, 0.1) is 0 Å². The van der Waals surface area contributed by atoms with E-state index in [1.807, 2.05) is 55.5 Å². The highest BCUT2D eigenvalue weighted by Crippen LogP contribution is 2.38. The molecule has 1 aromatic heterocycles. The van der Waals surface area contributed by atoms with Crippen molar-refractivity contribution in [3.05, 3.63) is 75.7 Å². The fourth-order valence-corrected chi connectivity index (χ4v) is 4.30. The molecular formula is C22H20Cl2N4OS. The molecule has 1 aliphatic rings. The lowest BCUT2D eigenvalue weighted by atomic mass is 9.95. The van der Waals surface area contributed by atoms with E-state index >= 15 is 0 Å². The van der Waals surface area contributed by atoms with Gasteiger partial charge in [0.15, 0.2) is 5.11 Å². The van der Waals surface area contributed by atoms with E-state index in [1.165, 1.54) is 0 Å².